The predicted octanol–water partition coefficient (Wildman–Crippen LogP) is 2.26. The summed E-state index contributed by atoms with van der Waals surface area (Å²) in [6.45, 7) is 1.83. The van der Waals surface area contributed by atoms with Gasteiger partial charge in [0.2, 0.25) is 0 Å². The highest BCUT2D eigenvalue weighted by molar-refractivity contribution is 5.65. The fraction of sp³-hybridized carbons (Fsp3) is 0.250. The lowest BCUT2D eigenvalue weighted by atomic mass is 10.0. The number of benzene rings is 1. The van der Waals surface area contributed by atoms with Crippen molar-refractivity contribution in [2.75, 3.05) is 0 Å². The van der Waals surface area contributed by atoms with Gasteiger partial charge in [-0.2, -0.15) is 0 Å². The summed E-state index contributed by atoms with van der Waals surface area (Å²) in [5.74, 6) is 0. The van der Waals surface area contributed by atoms with Crippen LogP contribution in [0.15, 0.2) is 42.0 Å². The summed E-state index contributed by atoms with van der Waals surface area (Å²) in [5.41, 5.74) is 1.77. The molecule has 0 saturated heterocycles. The Morgan fingerprint density at radius 1 is 1.43 bits per heavy atom. The van der Waals surface area contributed by atoms with Crippen LogP contribution in [0.1, 0.15) is 25.0 Å². The van der Waals surface area contributed by atoms with E-state index in [0.717, 1.165) is 17.4 Å². The molecule has 0 saturated carbocycles. The van der Waals surface area contributed by atoms with E-state index in [1.807, 2.05) is 37.3 Å². The van der Waals surface area contributed by atoms with Gasteiger partial charge in [0.25, 0.3) is 0 Å². The van der Waals surface area contributed by atoms with E-state index >= 15 is 0 Å². The Labute approximate surface area is 83.9 Å². The number of aliphatic hydroxyl groups is 1. The van der Waals surface area contributed by atoms with E-state index < -0.39 is 6.10 Å². The third-order valence-electron chi connectivity index (χ3n) is 2.05. The first-order valence-corrected chi connectivity index (χ1v) is 4.58. The van der Waals surface area contributed by atoms with E-state index in [0.29, 0.717) is 6.42 Å². The minimum absolute atomic E-state index is 0.503. The molecule has 1 atom stereocenters. The van der Waals surface area contributed by atoms with Gasteiger partial charge >= 0.3 is 0 Å². The fourth-order valence-electron chi connectivity index (χ4n) is 1.28. The zero-order valence-corrected chi connectivity index (χ0v) is 8.18. The van der Waals surface area contributed by atoms with Crippen LogP contribution in [0, 0.1) is 0 Å². The number of hydrogen-bond acceptors (Lipinski definition) is 2. The zero-order chi connectivity index (χ0) is 10.4. The molecule has 1 unspecified atom stereocenters. The maximum atomic E-state index is 10.2. The lowest BCUT2D eigenvalue weighted by molar-refractivity contribution is -0.104. The van der Waals surface area contributed by atoms with Crippen molar-refractivity contribution in [3.8, 4) is 0 Å². The van der Waals surface area contributed by atoms with Crippen molar-refractivity contribution >= 4 is 6.29 Å². The normalized spacial score (nSPS) is 13.7. The molecule has 0 aliphatic carbocycles. The predicted molar refractivity (Wildman–Crippen MR) is 55.8 cm³/mol. The van der Waals surface area contributed by atoms with Crippen LogP contribution in [-0.2, 0) is 4.79 Å². The van der Waals surface area contributed by atoms with Crippen LogP contribution < -0.4 is 0 Å². The topological polar surface area (TPSA) is 37.3 Å². The summed E-state index contributed by atoms with van der Waals surface area (Å²) in [4.78, 5) is 10.2. The minimum atomic E-state index is -0.521. The second-order valence-corrected chi connectivity index (χ2v) is 3.28. The molecular formula is C12H14O2. The zero-order valence-electron chi connectivity index (χ0n) is 8.18. The SMILES string of the molecule is C/C(=C/C=O)CC(O)c1ccccc1. The molecule has 0 radical (unpaired) electrons. The van der Waals surface area contributed by atoms with Gasteiger partial charge in [0.15, 0.2) is 0 Å². The van der Waals surface area contributed by atoms with E-state index in [1.165, 1.54) is 6.08 Å². The molecule has 0 bridgehead atoms. The highest BCUT2D eigenvalue weighted by Crippen LogP contribution is 2.19. The molecule has 0 aliphatic heterocycles. The van der Waals surface area contributed by atoms with Gasteiger partial charge in [0.05, 0.1) is 6.10 Å². The molecule has 1 aromatic rings. The first kappa shape index (κ1) is 10.7. The van der Waals surface area contributed by atoms with Crippen LogP contribution >= 0.6 is 0 Å². The van der Waals surface area contributed by atoms with Crippen LogP contribution in [0.3, 0.4) is 0 Å². The number of aliphatic hydroxyl groups excluding tert-OH is 1. The van der Waals surface area contributed by atoms with Crippen molar-refractivity contribution in [2.24, 2.45) is 0 Å². The first-order chi connectivity index (χ1) is 6.74. The van der Waals surface area contributed by atoms with E-state index in [2.05, 4.69) is 0 Å². The summed E-state index contributed by atoms with van der Waals surface area (Å²) in [6, 6.07) is 9.43. The summed E-state index contributed by atoms with van der Waals surface area (Å²) in [7, 11) is 0. The lowest BCUT2D eigenvalue weighted by Crippen LogP contribution is -1.97. The molecule has 0 spiro atoms. The van der Waals surface area contributed by atoms with Gasteiger partial charge in [0.1, 0.15) is 6.29 Å². The smallest absolute Gasteiger partial charge is 0.142 e. The van der Waals surface area contributed by atoms with Crippen molar-refractivity contribution in [2.45, 2.75) is 19.4 Å². The van der Waals surface area contributed by atoms with E-state index in [1.54, 1.807) is 0 Å². The molecule has 1 rings (SSSR count). The van der Waals surface area contributed by atoms with Gasteiger partial charge < -0.3 is 5.11 Å². The lowest BCUT2D eigenvalue weighted by Gasteiger charge is -2.10. The fourth-order valence-corrected chi connectivity index (χ4v) is 1.28. The Balaban J connectivity index is 2.63. The summed E-state index contributed by atoms with van der Waals surface area (Å²) in [5, 5.41) is 9.76. The summed E-state index contributed by atoms with van der Waals surface area (Å²) in [6.07, 6.45) is 2.20. The molecule has 0 aliphatic rings. The van der Waals surface area contributed by atoms with Crippen LogP contribution in [0.2, 0.25) is 0 Å². The van der Waals surface area contributed by atoms with Gasteiger partial charge in [-0.15, -0.1) is 0 Å². The van der Waals surface area contributed by atoms with Crippen molar-refractivity contribution < 1.29 is 9.90 Å². The maximum absolute atomic E-state index is 10.2. The van der Waals surface area contributed by atoms with Gasteiger partial charge in [-0.05, 0) is 25.0 Å². The Kier molecular flexibility index (Phi) is 4.08. The number of hydrogen-bond donors (Lipinski definition) is 1. The summed E-state index contributed by atoms with van der Waals surface area (Å²) < 4.78 is 0. The van der Waals surface area contributed by atoms with E-state index in [-0.39, 0.29) is 0 Å². The molecular weight excluding hydrogens is 176 g/mol. The molecule has 74 valence electrons. The van der Waals surface area contributed by atoms with Crippen molar-refractivity contribution in [3.05, 3.63) is 47.5 Å². The highest BCUT2D eigenvalue weighted by atomic mass is 16.3. The molecule has 2 nitrogen and oxygen atoms in total. The second kappa shape index (κ2) is 5.35. The van der Waals surface area contributed by atoms with Crippen LogP contribution in [0.4, 0.5) is 0 Å². The third-order valence-corrected chi connectivity index (χ3v) is 2.05. The molecule has 1 N–H and O–H groups in total. The van der Waals surface area contributed by atoms with Crippen LogP contribution in [0.25, 0.3) is 0 Å². The average molecular weight is 190 g/mol. The molecule has 0 heterocycles. The quantitative estimate of drug-likeness (QED) is 0.584. The molecule has 0 amide bonds. The third kappa shape index (κ3) is 3.15. The Hall–Kier alpha value is -1.41. The average Bonchev–Trinajstić information content (AvgIpc) is 2.19. The number of allylic oxidation sites excluding steroid dienone is 1. The van der Waals surface area contributed by atoms with E-state index in [9.17, 15) is 9.90 Å². The van der Waals surface area contributed by atoms with Crippen molar-refractivity contribution in [3.63, 3.8) is 0 Å². The number of rotatable bonds is 4. The largest absolute Gasteiger partial charge is 0.388 e. The molecule has 14 heavy (non-hydrogen) atoms. The van der Waals surface area contributed by atoms with Crippen molar-refractivity contribution in [1.82, 2.24) is 0 Å². The Bertz CT molecular complexity index is 314. The molecule has 1 aromatic carbocycles. The molecule has 2 heteroatoms. The standard InChI is InChI=1S/C12H14O2/c1-10(7-8-13)9-12(14)11-5-3-2-4-6-11/h2-8,12,14H,9H2,1H3/b10-7-. The van der Waals surface area contributed by atoms with Gasteiger partial charge in [0, 0.05) is 0 Å². The van der Waals surface area contributed by atoms with Crippen LogP contribution in [-0.4, -0.2) is 11.4 Å². The highest BCUT2D eigenvalue weighted by Gasteiger charge is 2.06. The summed E-state index contributed by atoms with van der Waals surface area (Å²) >= 11 is 0. The second-order valence-electron chi connectivity index (χ2n) is 3.28. The Morgan fingerprint density at radius 3 is 2.64 bits per heavy atom. The maximum Gasteiger partial charge on any atom is 0.142 e. The van der Waals surface area contributed by atoms with E-state index in [4.69, 9.17) is 0 Å². The van der Waals surface area contributed by atoms with Gasteiger partial charge in [-0.1, -0.05) is 35.9 Å². The van der Waals surface area contributed by atoms with Gasteiger partial charge in [-0.25, -0.2) is 0 Å². The van der Waals surface area contributed by atoms with Gasteiger partial charge in [-0.3, -0.25) is 4.79 Å². The van der Waals surface area contributed by atoms with Crippen molar-refractivity contribution in [1.29, 1.82) is 0 Å². The number of aldehydes is 1. The molecule has 0 aromatic heterocycles. The molecule has 0 fully saturated rings. The minimum Gasteiger partial charge on any atom is -0.388 e. The monoisotopic (exact) mass is 190 g/mol. The first-order valence-electron chi connectivity index (χ1n) is 4.58. The Morgan fingerprint density at radius 2 is 2.07 bits per heavy atom. The van der Waals surface area contributed by atoms with Crippen LogP contribution in [0.5, 0.6) is 0 Å². The number of carbonyl (C=O) groups is 1. The number of carbonyl (C=O) groups excluding carboxylic acids is 1.